The lowest BCUT2D eigenvalue weighted by Gasteiger charge is -2.08. The number of benzene rings is 1. The fraction of sp³-hybridized carbons (Fsp3) is 0.231. The first-order valence-electron chi connectivity index (χ1n) is 5.90. The number of hydrogen-bond acceptors (Lipinski definition) is 3. The highest BCUT2D eigenvalue weighted by molar-refractivity contribution is 7.99. The number of carboxylic acids is 1. The number of aryl methyl sites for hydroxylation is 1. The first-order chi connectivity index (χ1) is 9.51. The zero-order valence-corrected chi connectivity index (χ0v) is 13.0. The van der Waals surface area contributed by atoms with E-state index in [9.17, 15) is 4.79 Å². The molecule has 0 amide bonds. The van der Waals surface area contributed by atoms with Crippen LogP contribution in [0, 0.1) is 0 Å². The van der Waals surface area contributed by atoms with Crippen molar-refractivity contribution < 1.29 is 9.90 Å². The van der Waals surface area contributed by atoms with Crippen molar-refractivity contribution in [2.24, 2.45) is 0 Å². The second-order valence-corrected chi connectivity index (χ2v) is 5.86. The van der Waals surface area contributed by atoms with Crippen LogP contribution in [0.4, 0.5) is 0 Å². The van der Waals surface area contributed by atoms with Gasteiger partial charge in [0.05, 0.1) is 22.2 Å². The van der Waals surface area contributed by atoms with E-state index in [-0.39, 0.29) is 5.75 Å². The van der Waals surface area contributed by atoms with Crippen molar-refractivity contribution in [2.45, 2.75) is 18.4 Å². The lowest BCUT2D eigenvalue weighted by Crippen LogP contribution is -2.03. The third-order valence-electron chi connectivity index (χ3n) is 2.57. The number of carbonyl (C=O) groups is 1. The summed E-state index contributed by atoms with van der Waals surface area (Å²) in [6, 6.07) is 7.00. The second-order valence-electron chi connectivity index (χ2n) is 4.02. The Hall–Kier alpha value is -1.17. The number of halogens is 2. The number of nitrogens with zero attached hydrogens (tertiary/aromatic N) is 2. The molecule has 1 aromatic carbocycles. The standard InChI is InChI=1S/C13H12Cl2N2O2S/c1-2-9-6-12(20-7-13(18)19)17(16-9)11-4-3-8(14)5-10(11)15/h3-6H,2,7H2,1H3,(H,18,19). The molecule has 0 aliphatic carbocycles. The van der Waals surface area contributed by atoms with E-state index in [1.54, 1.807) is 22.9 Å². The molecule has 4 nitrogen and oxygen atoms in total. The van der Waals surface area contributed by atoms with Crippen LogP contribution in [-0.2, 0) is 11.2 Å². The maximum atomic E-state index is 10.7. The van der Waals surface area contributed by atoms with Gasteiger partial charge in [-0.2, -0.15) is 5.10 Å². The molecule has 0 radical (unpaired) electrons. The highest BCUT2D eigenvalue weighted by atomic mass is 35.5. The predicted molar refractivity (Wildman–Crippen MR) is 81.3 cm³/mol. The van der Waals surface area contributed by atoms with Gasteiger partial charge in [-0.05, 0) is 30.7 Å². The van der Waals surface area contributed by atoms with Gasteiger partial charge in [0, 0.05) is 5.02 Å². The number of carboxylic acid groups (broad SMARTS) is 1. The third kappa shape index (κ3) is 3.48. The van der Waals surface area contributed by atoms with Crippen molar-refractivity contribution in [3.63, 3.8) is 0 Å². The molecule has 0 saturated heterocycles. The van der Waals surface area contributed by atoms with E-state index in [2.05, 4.69) is 5.10 Å². The number of rotatable bonds is 5. The maximum absolute atomic E-state index is 10.7. The largest absolute Gasteiger partial charge is 0.481 e. The summed E-state index contributed by atoms with van der Waals surface area (Å²) < 4.78 is 1.66. The summed E-state index contributed by atoms with van der Waals surface area (Å²) >= 11 is 13.3. The van der Waals surface area contributed by atoms with E-state index in [1.165, 1.54) is 11.8 Å². The molecule has 0 spiro atoms. The van der Waals surface area contributed by atoms with E-state index in [4.69, 9.17) is 28.3 Å². The summed E-state index contributed by atoms with van der Waals surface area (Å²) in [6.45, 7) is 1.99. The van der Waals surface area contributed by atoms with Crippen LogP contribution in [0.3, 0.4) is 0 Å². The Labute approximate surface area is 130 Å². The van der Waals surface area contributed by atoms with Gasteiger partial charge < -0.3 is 5.11 Å². The molecule has 20 heavy (non-hydrogen) atoms. The van der Waals surface area contributed by atoms with Gasteiger partial charge in [-0.1, -0.05) is 41.9 Å². The molecule has 0 saturated carbocycles. The normalized spacial score (nSPS) is 10.8. The first-order valence-corrected chi connectivity index (χ1v) is 7.64. The number of aromatic nitrogens is 2. The fourth-order valence-electron chi connectivity index (χ4n) is 1.65. The van der Waals surface area contributed by atoms with Crippen LogP contribution >= 0.6 is 35.0 Å². The van der Waals surface area contributed by atoms with Crippen LogP contribution in [0.1, 0.15) is 12.6 Å². The molecule has 0 aliphatic rings. The second kappa shape index (κ2) is 6.52. The van der Waals surface area contributed by atoms with Gasteiger partial charge >= 0.3 is 5.97 Å². The quantitative estimate of drug-likeness (QED) is 0.844. The van der Waals surface area contributed by atoms with Crippen LogP contribution in [0.5, 0.6) is 0 Å². The highest BCUT2D eigenvalue weighted by Crippen LogP contribution is 2.29. The minimum atomic E-state index is -0.872. The molecule has 2 rings (SSSR count). The van der Waals surface area contributed by atoms with E-state index >= 15 is 0 Å². The molecule has 106 valence electrons. The van der Waals surface area contributed by atoms with E-state index in [1.807, 2.05) is 13.0 Å². The van der Waals surface area contributed by atoms with Crippen LogP contribution in [0.25, 0.3) is 5.69 Å². The molecule has 0 fully saturated rings. The molecule has 1 aromatic heterocycles. The van der Waals surface area contributed by atoms with Gasteiger partial charge in [-0.3, -0.25) is 4.79 Å². The predicted octanol–water partition coefficient (Wildman–Crippen LogP) is 3.92. The SMILES string of the molecule is CCc1cc(SCC(=O)O)n(-c2ccc(Cl)cc2Cl)n1. The molecular formula is C13H12Cl2N2O2S. The van der Waals surface area contributed by atoms with Crippen molar-refractivity contribution in [3.8, 4) is 5.69 Å². The Morgan fingerprint density at radius 1 is 1.40 bits per heavy atom. The van der Waals surface area contributed by atoms with E-state index in [0.29, 0.717) is 15.7 Å². The van der Waals surface area contributed by atoms with Crippen LogP contribution in [-0.4, -0.2) is 26.6 Å². The van der Waals surface area contributed by atoms with Gasteiger partial charge in [0.15, 0.2) is 0 Å². The summed E-state index contributed by atoms with van der Waals surface area (Å²) in [6.07, 6.45) is 0.763. The minimum Gasteiger partial charge on any atom is -0.481 e. The van der Waals surface area contributed by atoms with Gasteiger partial charge in [0.2, 0.25) is 0 Å². The zero-order chi connectivity index (χ0) is 14.7. The van der Waals surface area contributed by atoms with Crippen LogP contribution in [0.15, 0.2) is 29.3 Å². The summed E-state index contributed by atoms with van der Waals surface area (Å²) in [7, 11) is 0. The van der Waals surface area contributed by atoms with Crippen LogP contribution < -0.4 is 0 Å². The molecule has 0 aliphatic heterocycles. The average molecular weight is 331 g/mol. The van der Waals surface area contributed by atoms with Crippen molar-refractivity contribution >= 4 is 40.9 Å². The zero-order valence-electron chi connectivity index (χ0n) is 10.6. The Morgan fingerprint density at radius 2 is 2.15 bits per heavy atom. The van der Waals surface area contributed by atoms with Crippen LogP contribution in [0.2, 0.25) is 10.0 Å². The van der Waals surface area contributed by atoms with Crippen molar-refractivity contribution in [2.75, 3.05) is 5.75 Å². The molecule has 1 heterocycles. The van der Waals surface area contributed by atoms with E-state index in [0.717, 1.165) is 17.1 Å². The molecule has 7 heteroatoms. The molecule has 0 bridgehead atoms. The Balaban J connectivity index is 2.43. The summed E-state index contributed by atoms with van der Waals surface area (Å²) in [5, 5.41) is 15.0. The Bertz CT molecular complexity index is 643. The maximum Gasteiger partial charge on any atom is 0.313 e. The van der Waals surface area contributed by atoms with E-state index < -0.39 is 5.97 Å². The van der Waals surface area contributed by atoms with Crippen molar-refractivity contribution in [1.82, 2.24) is 9.78 Å². The van der Waals surface area contributed by atoms with Gasteiger partial charge in [0.25, 0.3) is 0 Å². The molecule has 0 atom stereocenters. The van der Waals surface area contributed by atoms with Gasteiger partial charge in [-0.15, -0.1) is 0 Å². The van der Waals surface area contributed by atoms with Crippen molar-refractivity contribution in [1.29, 1.82) is 0 Å². The molecule has 1 N–H and O–H groups in total. The Morgan fingerprint density at radius 3 is 2.75 bits per heavy atom. The monoisotopic (exact) mass is 330 g/mol. The summed E-state index contributed by atoms with van der Waals surface area (Å²) in [5.41, 5.74) is 1.56. The fourth-order valence-corrected chi connectivity index (χ4v) is 2.89. The minimum absolute atomic E-state index is 0.0277. The number of aliphatic carboxylic acids is 1. The summed E-state index contributed by atoms with van der Waals surface area (Å²) in [5.74, 6) is -0.900. The van der Waals surface area contributed by atoms with Gasteiger partial charge in [0.1, 0.15) is 5.03 Å². The number of hydrogen-bond donors (Lipinski definition) is 1. The summed E-state index contributed by atoms with van der Waals surface area (Å²) in [4.78, 5) is 10.7. The average Bonchev–Trinajstić information content (AvgIpc) is 2.79. The lowest BCUT2D eigenvalue weighted by atomic mass is 10.3. The Kier molecular flexibility index (Phi) is 4.96. The number of thioether (sulfide) groups is 1. The molecular weight excluding hydrogens is 319 g/mol. The topological polar surface area (TPSA) is 55.1 Å². The molecule has 0 unspecified atom stereocenters. The van der Waals surface area contributed by atoms with Gasteiger partial charge in [-0.25, -0.2) is 4.68 Å². The molecule has 2 aromatic rings. The smallest absolute Gasteiger partial charge is 0.313 e. The first kappa shape index (κ1) is 15.2. The lowest BCUT2D eigenvalue weighted by molar-refractivity contribution is -0.133. The highest BCUT2D eigenvalue weighted by Gasteiger charge is 2.13. The third-order valence-corrected chi connectivity index (χ3v) is 4.09. The van der Waals surface area contributed by atoms with Crippen molar-refractivity contribution in [3.05, 3.63) is 40.0 Å².